The summed E-state index contributed by atoms with van der Waals surface area (Å²) in [7, 11) is 0. The largest absolute Gasteiger partial charge is 0.460 e. The average molecular weight is 518 g/mol. The highest BCUT2D eigenvalue weighted by Crippen LogP contribution is 2.64. The van der Waals surface area contributed by atoms with Gasteiger partial charge in [-0.3, -0.25) is 0 Å². The lowest BCUT2D eigenvalue weighted by Gasteiger charge is -2.42. The van der Waals surface area contributed by atoms with Crippen molar-refractivity contribution in [2.24, 2.45) is 0 Å². The van der Waals surface area contributed by atoms with Gasteiger partial charge in [0.2, 0.25) is 0 Å². The Bertz CT molecular complexity index is 750. The molecule has 1 aliphatic heterocycles. The average Bonchev–Trinajstić information content (AvgIpc) is 3.09. The molecule has 0 N–H and O–H groups in total. The number of nitrogens with zero attached hydrogens (tertiary/aromatic N) is 1. The van der Waals surface area contributed by atoms with Gasteiger partial charge >= 0.3 is 53.5 Å². The van der Waals surface area contributed by atoms with E-state index in [4.69, 9.17) is 0 Å². The number of ether oxygens (including phenoxy) is 1. The molecular formula is C13H9F17NO+. The Morgan fingerprint density at radius 2 is 0.938 bits per heavy atom. The lowest BCUT2D eigenvalue weighted by molar-refractivity contribution is -0.523. The van der Waals surface area contributed by atoms with Gasteiger partial charge in [0.05, 0.1) is 0 Å². The summed E-state index contributed by atoms with van der Waals surface area (Å²) in [6.07, 6.45) is -7.77. The molecule has 2 nitrogen and oxygen atoms in total. The fourth-order valence-electron chi connectivity index (χ4n) is 2.33. The van der Waals surface area contributed by atoms with Crippen LogP contribution in [-0.4, -0.2) is 77.8 Å². The highest BCUT2D eigenvalue weighted by molar-refractivity contribution is 5.81. The molecule has 0 aromatic heterocycles. The van der Waals surface area contributed by atoms with E-state index in [-0.39, 0.29) is 4.58 Å². The van der Waals surface area contributed by atoms with Crippen LogP contribution in [-0.2, 0) is 4.74 Å². The summed E-state index contributed by atoms with van der Waals surface area (Å²) in [4.78, 5) is 0. The molecule has 0 unspecified atom stereocenters. The lowest BCUT2D eigenvalue weighted by atomic mass is 9.89. The number of hydrogen-bond acceptors (Lipinski definition) is 1. The Labute approximate surface area is 165 Å². The zero-order chi connectivity index (χ0) is 26.0. The third-order valence-electron chi connectivity index (χ3n) is 4.26. The molecular weight excluding hydrogens is 509 g/mol. The topological polar surface area (TPSA) is 12.2 Å². The highest BCUT2D eigenvalue weighted by atomic mass is 19.4. The van der Waals surface area contributed by atoms with E-state index in [1.807, 2.05) is 0 Å². The SMILES string of the molecule is CC[N+]1=C(C(F)(F)C(F)(F)C(F)(F)C(F)(F)C(F)(F)C(F)(F)C(F)(F)C(F)(F)F)OCC1. The van der Waals surface area contributed by atoms with Crippen molar-refractivity contribution in [1.29, 1.82) is 0 Å². The van der Waals surface area contributed by atoms with Gasteiger partial charge in [0.25, 0.3) is 0 Å². The first-order chi connectivity index (χ1) is 13.8. The molecule has 190 valence electrons. The zero-order valence-electron chi connectivity index (χ0n) is 14.9. The molecule has 0 radical (unpaired) electrons. The molecule has 0 atom stereocenters. The molecule has 1 rings (SSSR count). The van der Waals surface area contributed by atoms with Gasteiger partial charge in [-0.2, -0.15) is 79.2 Å². The molecule has 0 aromatic carbocycles. The van der Waals surface area contributed by atoms with Crippen LogP contribution in [0, 0.1) is 0 Å². The third kappa shape index (κ3) is 3.35. The van der Waals surface area contributed by atoms with Crippen LogP contribution in [0.1, 0.15) is 6.92 Å². The molecule has 0 bridgehead atoms. The quantitative estimate of drug-likeness (QED) is 0.308. The van der Waals surface area contributed by atoms with Gasteiger partial charge in [0.1, 0.15) is 6.54 Å². The summed E-state index contributed by atoms with van der Waals surface area (Å²) in [6.45, 7) is -1.47. The van der Waals surface area contributed by atoms with E-state index in [0.29, 0.717) is 0 Å². The number of hydrogen-bond donors (Lipinski definition) is 0. The van der Waals surface area contributed by atoms with Gasteiger partial charge in [-0.05, 0) is 6.92 Å². The second kappa shape index (κ2) is 7.39. The Kier molecular flexibility index (Phi) is 6.54. The van der Waals surface area contributed by atoms with Crippen LogP contribution >= 0.6 is 0 Å². The summed E-state index contributed by atoms with van der Waals surface area (Å²) >= 11 is 0. The Morgan fingerprint density at radius 1 is 0.594 bits per heavy atom. The summed E-state index contributed by atoms with van der Waals surface area (Å²) in [5.74, 6) is -59.1. The van der Waals surface area contributed by atoms with Gasteiger partial charge in [-0.25, -0.2) is 0 Å². The van der Waals surface area contributed by atoms with Gasteiger partial charge in [-0.15, -0.1) is 0 Å². The number of alkyl halides is 17. The van der Waals surface area contributed by atoms with Gasteiger partial charge in [0, 0.05) is 0 Å². The molecule has 0 saturated heterocycles. The minimum absolute atomic E-state index is 0.0344. The van der Waals surface area contributed by atoms with E-state index >= 15 is 0 Å². The molecule has 0 saturated carbocycles. The smallest absolute Gasteiger partial charge is 0.437 e. The van der Waals surface area contributed by atoms with Crippen molar-refractivity contribution >= 4 is 5.90 Å². The van der Waals surface area contributed by atoms with Crippen LogP contribution in [0.2, 0.25) is 0 Å². The van der Waals surface area contributed by atoms with E-state index in [9.17, 15) is 74.6 Å². The van der Waals surface area contributed by atoms with E-state index in [1.165, 1.54) is 0 Å². The fraction of sp³-hybridized carbons (Fsp3) is 0.923. The predicted molar refractivity (Wildman–Crippen MR) is 67.3 cm³/mol. The van der Waals surface area contributed by atoms with Gasteiger partial charge < -0.3 is 4.74 Å². The number of likely N-dealkylation sites (N-methyl/N-ethyl adjacent to an activating group) is 1. The standard InChI is InChI=1S/C13H9F17NO/c1-2-31-3-4-32-5(31)6(14,15)7(16,17)8(18,19)9(20,21)10(22,23)11(24,25)12(26,27)13(28,29)30/h2-4H2,1H3/q+1. The molecule has 0 fully saturated rings. The van der Waals surface area contributed by atoms with Crippen LogP contribution in [0.3, 0.4) is 0 Å². The Morgan fingerprint density at radius 3 is 1.28 bits per heavy atom. The second-order valence-corrected chi connectivity index (χ2v) is 6.25. The molecule has 1 aliphatic rings. The van der Waals surface area contributed by atoms with Crippen molar-refractivity contribution in [3.63, 3.8) is 0 Å². The van der Waals surface area contributed by atoms with Crippen LogP contribution in [0.15, 0.2) is 0 Å². The van der Waals surface area contributed by atoms with Crippen molar-refractivity contribution in [1.82, 2.24) is 0 Å². The number of rotatable bonds is 8. The van der Waals surface area contributed by atoms with E-state index < -0.39 is 73.2 Å². The van der Waals surface area contributed by atoms with Gasteiger partial charge in [0.15, 0.2) is 13.2 Å². The Balaban J connectivity index is 3.69. The van der Waals surface area contributed by atoms with Crippen LogP contribution in [0.4, 0.5) is 74.6 Å². The van der Waals surface area contributed by atoms with Crippen LogP contribution < -0.4 is 0 Å². The monoisotopic (exact) mass is 518 g/mol. The zero-order valence-corrected chi connectivity index (χ0v) is 14.9. The molecule has 1 heterocycles. The van der Waals surface area contributed by atoms with Crippen molar-refractivity contribution in [2.45, 2.75) is 54.6 Å². The molecule has 32 heavy (non-hydrogen) atoms. The van der Waals surface area contributed by atoms with Crippen molar-refractivity contribution < 1.29 is 83.9 Å². The molecule has 19 heteroatoms. The van der Waals surface area contributed by atoms with E-state index in [1.54, 1.807) is 0 Å². The summed E-state index contributed by atoms with van der Waals surface area (Å²) in [6, 6.07) is 0. The summed E-state index contributed by atoms with van der Waals surface area (Å²) < 4.78 is 228. The molecule has 0 aromatic rings. The first-order valence-corrected chi connectivity index (χ1v) is 7.77. The normalized spacial score (nSPS) is 18.3. The number of halogens is 17. The highest BCUT2D eigenvalue weighted by Gasteiger charge is 2.96. The van der Waals surface area contributed by atoms with Crippen molar-refractivity contribution in [3.8, 4) is 0 Å². The predicted octanol–water partition coefficient (Wildman–Crippen LogP) is 5.46. The van der Waals surface area contributed by atoms with Crippen LogP contribution in [0.5, 0.6) is 0 Å². The van der Waals surface area contributed by atoms with E-state index in [2.05, 4.69) is 4.74 Å². The minimum Gasteiger partial charge on any atom is -0.437 e. The maximum Gasteiger partial charge on any atom is 0.460 e. The third-order valence-corrected chi connectivity index (χ3v) is 4.26. The Hall–Kier alpha value is -1.72. The first-order valence-electron chi connectivity index (χ1n) is 7.77. The second-order valence-electron chi connectivity index (χ2n) is 6.25. The first kappa shape index (κ1) is 28.3. The maximum absolute atomic E-state index is 14.0. The van der Waals surface area contributed by atoms with Gasteiger partial charge in [-0.1, -0.05) is 0 Å². The van der Waals surface area contributed by atoms with Crippen LogP contribution in [0.25, 0.3) is 0 Å². The minimum atomic E-state index is -8.63. The molecule has 0 amide bonds. The maximum atomic E-state index is 14.0. The lowest BCUT2D eigenvalue weighted by Crippen LogP contribution is -2.75. The molecule has 0 aliphatic carbocycles. The van der Waals surface area contributed by atoms with E-state index in [0.717, 1.165) is 6.92 Å². The van der Waals surface area contributed by atoms with Crippen molar-refractivity contribution in [2.75, 3.05) is 19.7 Å². The fourth-order valence-corrected chi connectivity index (χ4v) is 2.33. The van der Waals surface area contributed by atoms with Crippen molar-refractivity contribution in [3.05, 3.63) is 0 Å². The molecule has 0 spiro atoms. The summed E-state index contributed by atoms with van der Waals surface area (Å²) in [5.41, 5.74) is 0. The summed E-state index contributed by atoms with van der Waals surface area (Å²) in [5, 5.41) is 0.